The van der Waals surface area contributed by atoms with E-state index in [4.69, 9.17) is 5.11 Å². The standard InChI is InChI=1S/C15H13FN2O4/c16-10-3-5-11(6-4-10)18-13(19)12(14(20)21)8-17(15(18)22)7-9-1-2-9/h3-6,8-9H,1-2,7H2,(H,20,21). The Morgan fingerprint density at radius 3 is 2.41 bits per heavy atom. The molecule has 6 nitrogen and oxygen atoms in total. The van der Waals surface area contributed by atoms with E-state index in [1.54, 1.807) is 0 Å². The first kappa shape index (κ1) is 14.2. The quantitative estimate of drug-likeness (QED) is 0.921. The minimum absolute atomic E-state index is 0.143. The number of hydrogen-bond acceptors (Lipinski definition) is 3. The van der Waals surface area contributed by atoms with Crippen molar-refractivity contribution in [3.63, 3.8) is 0 Å². The summed E-state index contributed by atoms with van der Waals surface area (Å²) < 4.78 is 15.0. The highest BCUT2D eigenvalue weighted by molar-refractivity contribution is 5.86. The SMILES string of the molecule is O=C(O)c1cn(CC2CC2)c(=O)n(-c2ccc(F)cc2)c1=O. The van der Waals surface area contributed by atoms with E-state index in [2.05, 4.69) is 0 Å². The Balaban J connectivity index is 2.24. The lowest BCUT2D eigenvalue weighted by Crippen LogP contribution is -2.41. The Kier molecular flexibility index (Phi) is 3.40. The molecule has 0 unspecified atom stereocenters. The summed E-state index contributed by atoms with van der Waals surface area (Å²) in [6.45, 7) is 0.376. The number of rotatable bonds is 4. The average Bonchev–Trinajstić information content (AvgIpc) is 3.28. The Morgan fingerprint density at radius 1 is 1.23 bits per heavy atom. The van der Waals surface area contributed by atoms with Crippen LogP contribution in [0, 0.1) is 11.7 Å². The number of aromatic nitrogens is 2. The molecule has 3 rings (SSSR count). The zero-order chi connectivity index (χ0) is 15.9. The van der Waals surface area contributed by atoms with Crippen molar-refractivity contribution in [3.05, 3.63) is 62.7 Å². The second-order valence-corrected chi connectivity index (χ2v) is 5.34. The third-order valence-electron chi connectivity index (χ3n) is 3.62. The van der Waals surface area contributed by atoms with E-state index in [1.165, 1.54) is 16.7 Å². The summed E-state index contributed by atoms with van der Waals surface area (Å²) in [6.07, 6.45) is 3.04. The van der Waals surface area contributed by atoms with Gasteiger partial charge in [-0.2, -0.15) is 0 Å². The van der Waals surface area contributed by atoms with Crippen molar-refractivity contribution in [2.75, 3.05) is 0 Å². The van der Waals surface area contributed by atoms with Crippen molar-refractivity contribution >= 4 is 5.97 Å². The van der Waals surface area contributed by atoms with Crippen LogP contribution in [0.4, 0.5) is 4.39 Å². The summed E-state index contributed by atoms with van der Waals surface area (Å²) in [6, 6.07) is 4.76. The number of hydrogen-bond donors (Lipinski definition) is 1. The topological polar surface area (TPSA) is 81.3 Å². The molecule has 1 aliphatic rings. The summed E-state index contributed by atoms with van der Waals surface area (Å²) in [5, 5.41) is 9.16. The highest BCUT2D eigenvalue weighted by atomic mass is 19.1. The molecule has 1 saturated carbocycles. The number of carboxylic acid groups (broad SMARTS) is 1. The van der Waals surface area contributed by atoms with Crippen LogP contribution in [0.15, 0.2) is 40.1 Å². The molecule has 0 amide bonds. The maximum absolute atomic E-state index is 13.0. The fraction of sp³-hybridized carbons (Fsp3) is 0.267. The van der Waals surface area contributed by atoms with Gasteiger partial charge < -0.3 is 5.11 Å². The van der Waals surface area contributed by atoms with Crippen molar-refractivity contribution in [1.82, 2.24) is 9.13 Å². The number of halogens is 1. The Morgan fingerprint density at radius 2 is 1.86 bits per heavy atom. The van der Waals surface area contributed by atoms with Crippen molar-refractivity contribution in [2.45, 2.75) is 19.4 Å². The molecule has 7 heteroatoms. The summed E-state index contributed by atoms with van der Waals surface area (Å²) in [4.78, 5) is 35.9. The number of carboxylic acids is 1. The van der Waals surface area contributed by atoms with Crippen molar-refractivity contribution in [2.24, 2.45) is 5.92 Å². The van der Waals surface area contributed by atoms with Crippen LogP contribution in [-0.2, 0) is 6.54 Å². The largest absolute Gasteiger partial charge is 0.477 e. The smallest absolute Gasteiger partial charge is 0.342 e. The van der Waals surface area contributed by atoms with Gasteiger partial charge in [-0.05, 0) is 43.0 Å². The van der Waals surface area contributed by atoms with E-state index in [0.29, 0.717) is 12.5 Å². The van der Waals surface area contributed by atoms with E-state index in [0.717, 1.165) is 35.7 Å². The van der Waals surface area contributed by atoms with Gasteiger partial charge in [-0.15, -0.1) is 0 Å². The molecule has 114 valence electrons. The second-order valence-electron chi connectivity index (χ2n) is 5.34. The third kappa shape index (κ3) is 2.57. The normalized spacial score (nSPS) is 14.0. The molecule has 0 bridgehead atoms. The van der Waals surface area contributed by atoms with Crippen LogP contribution in [0.1, 0.15) is 23.2 Å². The van der Waals surface area contributed by atoms with Crippen LogP contribution < -0.4 is 11.2 Å². The fourth-order valence-electron chi connectivity index (χ4n) is 2.28. The molecule has 1 aromatic heterocycles. The minimum atomic E-state index is -1.40. The molecular weight excluding hydrogens is 291 g/mol. The van der Waals surface area contributed by atoms with Gasteiger partial charge in [0.25, 0.3) is 5.56 Å². The van der Waals surface area contributed by atoms with E-state index in [1.807, 2.05) is 0 Å². The molecule has 0 radical (unpaired) electrons. The van der Waals surface area contributed by atoms with Gasteiger partial charge in [0.05, 0.1) is 5.69 Å². The zero-order valence-electron chi connectivity index (χ0n) is 11.5. The van der Waals surface area contributed by atoms with Crippen LogP contribution in [-0.4, -0.2) is 20.2 Å². The highest BCUT2D eigenvalue weighted by Gasteiger charge is 2.25. The van der Waals surface area contributed by atoms with Crippen LogP contribution in [0.25, 0.3) is 5.69 Å². The maximum Gasteiger partial charge on any atom is 0.342 e. The first-order valence-corrected chi connectivity index (χ1v) is 6.83. The van der Waals surface area contributed by atoms with Crippen LogP contribution in [0.3, 0.4) is 0 Å². The van der Waals surface area contributed by atoms with Crippen LogP contribution in [0.2, 0.25) is 0 Å². The van der Waals surface area contributed by atoms with E-state index in [-0.39, 0.29) is 5.69 Å². The zero-order valence-corrected chi connectivity index (χ0v) is 11.5. The number of aromatic carboxylic acids is 1. The molecule has 1 aliphatic carbocycles. The molecule has 1 aromatic carbocycles. The first-order valence-electron chi connectivity index (χ1n) is 6.83. The summed E-state index contributed by atoms with van der Waals surface area (Å²) in [7, 11) is 0. The molecule has 1 heterocycles. The molecule has 0 saturated heterocycles. The van der Waals surface area contributed by atoms with Crippen molar-refractivity contribution in [3.8, 4) is 5.69 Å². The molecule has 0 atom stereocenters. The van der Waals surface area contributed by atoms with Gasteiger partial charge in [0.1, 0.15) is 11.4 Å². The molecule has 22 heavy (non-hydrogen) atoms. The van der Waals surface area contributed by atoms with E-state index < -0.39 is 28.6 Å². The maximum atomic E-state index is 13.0. The van der Waals surface area contributed by atoms with Crippen molar-refractivity contribution in [1.29, 1.82) is 0 Å². The van der Waals surface area contributed by atoms with Gasteiger partial charge in [-0.25, -0.2) is 18.5 Å². The third-order valence-corrected chi connectivity index (χ3v) is 3.62. The predicted octanol–water partition coefficient (Wildman–Crippen LogP) is 1.25. The fourth-order valence-corrected chi connectivity index (χ4v) is 2.28. The molecule has 2 aromatic rings. The van der Waals surface area contributed by atoms with Crippen molar-refractivity contribution < 1.29 is 14.3 Å². The lowest BCUT2D eigenvalue weighted by molar-refractivity contribution is 0.0693. The molecule has 1 fully saturated rings. The number of carbonyl (C=O) groups is 1. The molecule has 1 N–H and O–H groups in total. The molecule has 0 spiro atoms. The van der Waals surface area contributed by atoms with Gasteiger partial charge in [0.15, 0.2) is 0 Å². The van der Waals surface area contributed by atoms with Gasteiger partial charge >= 0.3 is 11.7 Å². The van der Waals surface area contributed by atoms with Gasteiger partial charge in [-0.1, -0.05) is 0 Å². The van der Waals surface area contributed by atoms with E-state index >= 15 is 0 Å². The summed E-state index contributed by atoms with van der Waals surface area (Å²) in [5.41, 5.74) is -1.88. The first-order chi connectivity index (χ1) is 10.5. The summed E-state index contributed by atoms with van der Waals surface area (Å²) >= 11 is 0. The van der Waals surface area contributed by atoms with Crippen LogP contribution in [0.5, 0.6) is 0 Å². The second kappa shape index (κ2) is 5.25. The van der Waals surface area contributed by atoms with E-state index in [9.17, 15) is 18.8 Å². The monoisotopic (exact) mass is 304 g/mol. The van der Waals surface area contributed by atoms with Gasteiger partial charge in [0, 0.05) is 12.7 Å². The van der Waals surface area contributed by atoms with Gasteiger partial charge in [0.2, 0.25) is 0 Å². The number of nitrogens with zero attached hydrogens (tertiary/aromatic N) is 2. The predicted molar refractivity (Wildman–Crippen MR) is 75.9 cm³/mol. The minimum Gasteiger partial charge on any atom is -0.477 e. The lowest BCUT2D eigenvalue weighted by atomic mass is 10.2. The number of benzene rings is 1. The molecular formula is C15H13FN2O4. The highest BCUT2D eigenvalue weighted by Crippen LogP contribution is 2.30. The average molecular weight is 304 g/mol. The van der Waals surface area contributed by atoms with Gasteiger partial charge in [-0.3, -0.25) is 9.36 Å². The Hall–Kier alpha value is -2.70. The summed E-state index contributed by atoms with van der Waals surface area (Å²) in [5.74, 6) is -1.58. The van der Waals surface area contributed by atoms with Crippen LogP contribution >= 0.6 is 0 Å². The Bertz CT molecular complexity index is 847. The lowest BCUT2D eigenvalue weighted by Gasteiger charge is -2.11. The molecule has 0 aliphatic heterocycles. The Labute approximate surface area is 124 Å².